The second-order valence-corrected chi connectivity index (χ2v) is 7.17. The number of hydrazone groups is 1. The third-order valence-electron chi connectivity index (χ3n) is 4.90. The molecule has 3 aromatic carbocycles. The number of ether oxygens (including phenoxy) is 1. The fourth-order valence-corrected chi connectivity index (χ4v) is 3.50. The van der Waals surface area contributed by atoms with Crippen LogP contribution in [0.25, 0.3) is 0 Å². The molecule has 0 saturated carbocycles. The molecule has 1 heterocycles. The van der Waals surface area contributed by atoms with Gasteiger partial charge in [0.05, 0.1) is 13.3 Å². The van der Waals surface area contributed by atoms with Crippen LogP contribution in [0.15, 0.2) is 71.8 Å². The second-order valence-electron chi connectivity index (χ2n) is 6.76. The van der Waals surface area contributed by atoms with Crippen molar-refractivity contribution in [3.8, 4) is 5.75 Å². The maximum absolute atomic E-state index is 12.5. The van der Waals surface area contributed by atoms with Crippen molar-refractivity contribution in [1.29, 1.82) is 0 Å². The smallest absolute Gasteiger partial charge is 0.271 e. The SMILES string of the molecule is COc1ccc(N2Cc3ccc(C(=O)N/N=C/c4ccccc4Cl)cc3C2)cc1. The lowest BCUT2D eigenvalue weighted by Gasteiger charge is -2.17. The highest BCUT2D eigenvalue weighted by Gasteiger charge is 2.20. The van der Waals surface area contributed by atoms with Gasteiger partial charge in [-0.05, 0) is 53.6 Å². The monoisotopic (exact) mass is 405 g/mol. The summed E-state index contributed by atoms with van der Waals surface area (Å²) in [6.45, 7) is 1.57. The van der Waals surface area contributed by atoms with E-state index in [0.29, 0.717) is 10.6 Å². The van der Waals surface area contributed by atoms with Gasteiger partial charge in [0.15, 0.2) is 0 Å². The predicted octanol–water partition coefficient (Wildman–Crippen LogP) is 4.63. The minimum atomic E-state index is -0.251. The minimum Gasteiger partial charge on any atom is -0.497 e. The van der Waals surface area contributed by atoms with Gasteiger partial charge in [-0.2, -0.15) is 5.10 Å². The predicted molar refractivity (Wildman–Crippen MR) is 116 cm³/mol. The van der Waals surface area contributed by atoms with E-state index in [-0.39, 0.29) is 5.91 Å². The number of halogens is 1. The first-order valence-electron chi connectivity index (χ1n) is 9.23. The molecule has 0 radical (unpaired) electrons. The number of benzene rings is 3. The Bertz CT molecular complexity index is 1060. The quantitative estimate of drug-likeness (QED) is 0.497. The molecular formula is C23H20ClN3O2. The number of hydrogen-bond donors (Lipinski definition) is 1. The van der Waals surface area contributed by atoms with Gasteiger partial charge in [-0.1, -0.05) is 35.9 Å². The lowest BCUT2D eigenvalue weighted by Crippen LogP contribution is -2.18. The van der Waals surface area contributed by atoms with Crippen molar-refractivity contribution in [2.45, 2.75) is 13.1 Å². The Morgan fingerprint density at radius 1 is 1.07 bits per heavy atom. The molecule has 0 aromatic heterocycles. The molecule has 1 amide bonds. The first kappa shape index (κ1) is 19.0. The van der Waals surface area contributed by atoms with Crippen LogP contribution in [-0.4, -0.2) is 19.2 Å². The van der Waals surface area contributed by atoms with Crippen LogP contribution in [0.2, 0.25) is 5.02 Å². The third-order valence-corrected chi connectivity index (χ3v) is 5.25. The van der Waals surface area contributed by atoms with E-state index in [4.69, 9.17) is 16.3 Å². The molecule has 4 rings (SSSR count). The Hall–Kier alpha value is -3.31. The van der Waals surface area contributed by atoms with Gasteiger partial charge in [0.1, 0.15) is 5.75 Å². The normalized spacial score (nSPS) is 12.8. The molecule has 1 N–H and O–H groups in total. The zero-order valence-corrected chi connectivity index (χ0v) is 16.7. The van der Waals surface area contributed by atoms with Crippen molar-refractivity contribution in [2.24, 2.45) is 5.10 Å². The number of carbonyl (C=O) groups excluding carboxylic acids is 1. The number of carbonyl (C=O) groups is 1. The Labute approximate surface area is 174 Å². The van der Waals surface area contributed by atoms with Gasteiger partial charge in [-0.25, -0.2) is 5.43 Å². The molecule has 0 aliphatic carbocycles. The molecule has 0 atom stereocenters. The maximum Gasteiger partial charge on any atom is 0.271 e. The van der Waals surface area contributed by atoms with Crippen molar-refractivity contribution in [3.63, 3.8) is 0 Å². The highest BCUT2D eigenvalue weighted by molar-refractivity contribution is 6.33. The summed E-state index contributed by atoms with van der Waals surface area (Å²) in [5, 5.41) is 4.60. The van der Waals surface area contributed by atoms with E-state index in [1.54, 1.807) is 19.4 Å². The molecule has 146 valence electrons. The standard InChI is InChI=1S/C23H20ClN3O2/c1-29-21-10-8-20(9-11-21)27-14-18-7-6-16(12-19(18)15-27)23(28)26-25-13-17-4-2-3-5-22(17)24/h2-13H,14-15H2,1H3,(H,26,28)/b25-13+. The molecule has 1 aliphatic heterocycles. The number of hydrogen-bond acceptors (Lipinski definition) is 4. The van der Waals surface area contributed by atoms with Crippen LogP contribution in [0.5, 0.6) is 5.75 Å². The van der Waals surface area contributed by atoms with E-state index in [1.165, 1.54) is 5.56 Å². The minimum absolute atomic E-state index is 0.251. The summed E-state index contributed by atoms with van der Waals surface area (Å²) < 4.78 is 5.22. The van der Waals surface area contributed by atoms with Crippen LogP contribution in [0, 0.1) is 0 Å². The van der Waals surface area contributed by atoms with Crippen molar-refractivity contribution in [2.75, 3.05) is 12.0 Å². The van der Waals surface area contributed by atoms with Crippen LogP contribution in [-0.2, 0) is 13.1 Å². The van der Waals surface area contributed by atoms with Gasteiger partial charge in [0.25, 0.3) is 5.91 Å². The van der Waals surface area contributed by atoms with E-state index in [9.17, 15) is 4.79 Å². The van der Waals surface area contributed by atoms with Crippen molar-refractivity contribution < 1.29 is 9.53 Å². The van der Waals surface area contributed by atoms with Gasteiger partial charge in [0, 0.05) is 34.9 Å². The van der Waals surface area contributed by atoms with E-state index in [0.717, 1.165) is 35.7 Å². The van der Waals surface area contributed by atoms with Gasteiger partial charge in [-0.15, -0.1) is 0 Å². The fourth-order valence-electron chi connectivity index (χ4n) is 3.32. The number of rotatable bonds is 5. The van der Waals surface area contributed by atoms with E-state index >= 15 is 0 Å². The molecule has 0 bridgehead atoms. The van der Waals surface area contributed by atoms with Crippen LogP contribution < -0.4 is 15.1 Å². The average molecular weight is 406 g/mol. The molecular weight excluding hydrogens is 386 g/mol. The molecule has 3 aromatic rings. The fraction of sp³-hybridized carbons (Fsp3) is 0.130. The van der Waals surface area contributed by atoms with Gasteiger partial charge in [0.2, 0.25) is 0 Å². The summed E-state index contributed by atoms with van der Waals surface area (Å²) in [6.07, 6.45) is 1.54. The summed E-state index contributed by atoms with van der Waals surface area (Å²) in [4.78, 5) is 14.7. The molecule has 0 fully saturated rings. The zero-order chi connectivity index (χ0) is 20.2. The number of nitrogens with one attached hydrogen (secondary N) is 1. The molecule has 1 aliphatic rings. The van der Waals surface area contributed by atoms with Crippen molar-refractivity contribution in [1.82, 2.24) is 5.43 Å². The number of nitrogens with zero attached hydrogens (tertiary/aromatic N) is 2. The van der Waals surface area contributed by atoms with Crippen molar-refractivity contribution >= 4 is 29.4 Å². The van der Waals surface area contributed by atoms with Crippen molar-refractivity contribution in [3.05, 3.63) is 94.0 Å². The summed E-state index contributed by atoms with van der Waals surface area (Å²) in [5.41, 5.74) is 7.38. The highest BCUT2D eigenvalue weighted by atomic mass is 35.5. The van der Waals surface area contributed by atoms with E-state index < -0.39 is 0 Å². The Balaban J connectivity index is 1.43. The molecule has 5 nitrogen and oxygen atoms in total. The third kappa shape index (κ3) is 4.25. The lowest BCUT2D eigenvalue weighted by atomic mass is 10.1. The summed E-state index contributed by atoms with van der Waals surface area (Å²) in [6, 6.07) is 21.1. The molecule has 0 spiro atoms. The Morgan fingerprint density at radius 3 is 2.59 bits per heavy atom. The molecule has 29 heavy (non-hydrogen) atoms. The van der Waals surface area contributed by atoms with Crippen LogP contribution in [0.1, 0.15) is 27.0 Å². The van der Waals surface area contributed by atoms with Crippen LogP contribution in [0.3, 0.4) is 0 Å². The zero-order valence-electron chi connectivity index (χ0n) is 15.9. The molecule has 0 saturated heterocycles. The molecule has 6 heteroatoms. The number of amides is 1. The number of anilines is 1. The first-order valence-corrected chi connectivity index (χ1v) is 9.60. The lowest BCUT2D eigenvalue weighted by molar-refractivity contribution is 0.0955. The van der Waals surface area contributed by atoms with Gasteiger partial charge in [-0.3, -0.25) is 4.79 Å². The summed E-state index contributed by atoms with van der Waals surface area (Å²) in [7, 11) is 1.66. The Morgan fingerprint density at radius 2 is 1.83 bits per heavy atom. The van der Waals surface area contributed by atoms with Gasteiger partial charge >= 0.3 is 0 Å². The average Bonchev–Trinajstić information content (AvgIpc) is 3.18. The van der Waals surface area contributed by atoms with Gasteiger partial charge < -0.3 is 9.64 Å². The van der Waals surface area contributed by atoms with E-state index in [2.05, 4.69) is 15.4 Å². The highest BCUT2D eigenvalue weighted by Crippen LogP contribution is 2.30. The second kappa shape index (κ2) is 8.37. The summed E-state index contributed by atoms with van der Waals surface area (Å²) in [5.74, 6) is 0.584. The van der Waals surface area contributed by atoms with Crippen LogP contribution >= 0.6 is 11.6 Å². The largest absolute Gasteiger partial charge is 0.497 e. The summed E-state index contributed by atoms with van der Waals surface area (Å²) >= 11 is 6.09. The Kier molecular flexibility index (Phi) is 5.49. The topological polar surface area (TPSA) is 53.9 Å². The maximum atomic E-state index is 12.5. The first-order chi connectivity index (χ1) is 14.1. The van der Waals surface area contributed by atoms with Crippen LogP contribution in [0.4, 0.5) is 5.69 Å². The number of fused-ring (bicyclic) bond motifs is 1. The van der Waals surface area contributed by atoms with E-state index in [1.807, 2.05) is 60.7 Å². The molecule has 0 unspecified atom stereocenters. The number of methoxy groups -OCH3 is 1.